The van der Waals surface area contributed by atoms with Gasteiger partial charge < -0.3 is 14.6 Å². The van der Waals surface area contributed by atoms with Gasteiger partial charge in [-0.2, -0.15) is 0 Å². The average molecular weight is 366 g/mol. The highest BCUT2D eigenvalue weighted by atomic mass is 19.1. The maximum atomic E-state index is 13.2. The highest BCUT2D eigenvalue weighted by Crippen LogP contribution is 2.27. The summed E-state index contributed by atoms with van der Waals surface area (Å²) >= 11 is 0. The average Bonchev–Trinajstić information content (AvgIpc) is 2.92. The molecule has 2 aromatic carbocycles. The maximum Gasteiger partial charge on any atom is 0.257 e. The van der Waals surface area contributed by atoms with Crippen LogP contribution in [-0.2, 0) is 0 Å². The Morgan fingerprint density at radius 2 is 1.74 bits per heavy atom. The predicted octanol–water partition coefficient (Wildman–Crippen LogP) is 5.27. The van der Waals surface area contributed by atoms with Crippen LogP contribution in [0.1, 0.15) is 35.6 Å². The van der Waals surface area contributed by atoms with E-state index in [0.717, 1.165) is 17.1 Å². The Morgan fingerprint density at radius 3 is 2.41 bits per heavy atom. The summed E-state index contributed by atoms with van der Waals surface area (Å²) in [6.45, 7) is 7.68. The zero-order chi connectivity index (χ0) is 19.6. The molecule has 0 bridgehead atoms. The third-order valence-corrected chi connectivity index (χ3v) is 4.26. The summed E-state index contributed by atoms with van der Waals surface area (Å²) in [6.07, 6.45) is 0.00610. The maximum absolute atomic E-state index is 13.2. The fourth-order valence-corrected chi connectivity index (χ4v) is 3.10. The molecule has 1 heterocycles. The fourth-order valence-electron chi connectivity index (χ4n) is 3.10. The number of ether oxygens (including phenoxy) is 1. The number of benzene rings is 2. The van der Waals surface area contributed by atoms with Crippen LogP contribution in [0.5, 0.6) is 5.75 Å². The Balaban J connectivity index is 1.91. The molecule has 0 aliphatic carbocycles. The van der Waals surface area contributed by atoms with Crippen molar-refractivity contribution in [1.82, 2.24) is 4.57 Å². The van der Waals surface area contributed by atoms with Gasteiger partial charge in [0.1, 0.15) is 11.6 Å². The summed E-state index contributed by atoms with van der Waals surface area (Å²) < 4.78 is 20.9. The van der Waals surface area contributed by atoms with Gasteiger partial charge in [-0.25, -0.2) is 4.39 Å². The van der Waals surface area contributed by atoms with Gasteiger partial charge >= 0.3 is 0 Å². The van der Waals surface area contributed by atoms with Crippen molar-refractivity contribution >= 4 is 11.6 Å². The number of halogens is 1. The van der Waals surface area contributed by atoms with E-state index in [0.29, 0.717) is 17.0 Å². The van der Waals surface area contributed by atoms with E-state index in [9.17, 15) is 9.18 Å². The number of nitrogens with one attached hydrogen (secondary N) is 1. The van der Waals surface area contributed by atoms with Crippen LogP contribution < -0.4 is 10.1 Å². The molecule has 5 heteroatoms. The molecule has 1 N–H and O–H groups in total. The van der Waals surface area contributed by atoms with Crippen molar-refractivity contribution in [3.05, 3.63) is 77.4 Å². The molecule has 3 rings (SSSR count). The molecule has 0 saturated carbocycles. The Hall–Kier alpha value is -3.08. The molecule has 1 aromatic heterocycles. The summed E-state index contributed by atoms with van der Waals surface area (Å²) in [5.74, 6) is 0.130. The first kappa shape index (κ1) is 18.7. The number of anilines is 1. The van der Waals surface area contributed by atoms with Crippen molar-refractivity contribution in [1.29, 1.82) is 0 Å². The standard InChI is InChI=1S/C22H23FN2O2/c1-14(2)27-21-8-6-5-7-20(21)24-22(26)19-13-15(3)25(16(19)4)18-11-9-17(23)10-12-18/h5-14H,1-4H3,(H,24,26). The largest absolute Gasteiger partial charge is 0.489 e. The zero-order valence-corrected chi connectivity index (χ0v) is 15.9. The van der Waals surface area contributed by atoms with Crippen LogP contribution in [0.3, 0.4) is 0 Å². The van der Waals surface area contributed by atoms with Crippen molar-refractivity contribution in [2.24, 2.45) is 0 Å². The lowest BCUT2D eigenvalue weighted by Gasteiger charge is -2.15. The van der Waals surface area contributed by atoms with Crippen LogP contribution >= 0.6 is 0 Å². The van der Waals surface area contributed by atoms with Gasteiger partial charge in [-0.1, -0.05) is 12.1 Å². The van der Waals surface area contributed by atoms with E-state index >= 15 is 0 Å². The SMILES string of the molecule is Cc1cc(C(=O)Nc2ccccc2OC(C)C)c(C)n1-c1ccc(F)cc1. The lowest BCUT2D eigenvalue weighted by molar-refractivity contribution is 0.102. The van der Waals surface area contributed by atoms with Crippen molar-refractivity contribution in [3.8, 4) is 11.4 Å². The van der Waals surface area contributed by atoms with E-state index in [2.05, 4.69) is 5.32 Å². The molecule has 0 fully saturated rings. The van der Waals surface area contributed by atoms with Gasteiger partial charge in [0.05, 0.1) is 17.4 Å². The topological polar surface area (TPSA) is 43.3 Å². The second kappa shape index (κ2) is 7.66. The molecule has 140 valence electrons. The molecule has 1 amide bonds. The number of hydrogen-bond donors (Lipinski definition) is 1. The van der Waals surface area contributed by atoms with Crippen LogP contribution in [0.4, 0.5) is 10.1 Å². The Morgan fingerprint density at radius 1 is 1.07 bits per heavy atom. The molecule has 0 spiro atoms. The zero-order valence-electron chi connectivity index (χ0n) is 15.9. The summed E-state index contributed by atoms with van der Waals surface area (Å²) in [5.41, 5.74) is 3.70. The lowest BCUT2D eigenvalue weighted by atomic mass is 10.2. The minimum Gasteiger partial charge on any atom is -0.489 e. The summed E-state index contributed by atoms with van der Waals surface area (Å²) in [4.78, 5) is 12.9. The number of hydrogen-bond acceptors (Lipinski definition) is 2. The summed E-state index contributed by atoms with van der Waals surface area (Å²) in [5, 5.41) is 2.94. The molecule has 0 saturated heterocycles. The second-order valence-corrected chi connectivity index (χ2v) is 6.71. The molecule has 0 aliphatic heterocycles. The molecule has 27 heavy (non-hydrogen) atoms. The van der Waals surface area contributed by atoms with E-state index < -0.39 is 0 Å². The molecule has 3 aromatic rings. The first-order valence-corrected chi connectivity index (χ1v) is 8.88. The Bertz CT molecular complexity index is 959. The Kier molecular flexibility index (Phi) is 5.31. The third-order valence-electron chi connectivity index (χ3n) is 4.26. The molecule has 4 nitrogen and oxygen atoms in total. The normalized spacial score (nSPS) is 10.9. The van der Waals surface area contributed by atoms with E-state index in [1.807, 2.05) is 62.6 Å². The fraction of sp³-hybridized carbons (Fsp3) is 0.227. The number of rotatable bonds is 5. The van der Waals surface area contributed by atoms with Crippen LogP contribution in [0.25, 0.3) is 5.69 Å². The highest BCUT2D eigenvalue weighted by molar-refractivity contribution is 6.06. The Labute approximate surface area is 158 Å². The smallest absolute Gasteiger partial charge is 0.257 e. The van der Waals surface area contributed by atoms with E-state index in [-0.39, 0.29) is 17.8 Å². The number of para-hydroxylation sites is 2. The van der Waals surface area contributed by atoms with Gasteiger partial charge in [0.2, 0.25) is 0 Å². The third kappa shape index (κ3) is 4.03. The highest BCUT2D eigenvalue weighted by Gasteiger charge is 2.18. The number of carbonyl (C=O) groups is 1. The van der Waals surface area contributed by atoms with Crippen molar-refractivity contribution in [2.75, 3.05) is 5.32 Å². The van der Waals surface area contributed by atoms with Gasteiger partial charge in [0.15, 0.2) is 0 Å². The van der Waals surface area contributed by atoms with Crippen molar-refractivity contribution < 1.29 is 13.9 Å². The summed E-state index contributed by atoms with van der Waals surface area (Å²) in [6, 6.07) is 15.4. The van der Waals surface area contributed by atoms with Crippen molar-refractivity contribution in [2.45, 2.75) is 33.8 Å². The lowest BCUT2D eigenvalue weighted by Crippen LogP contribution is -2.15. The number of amides is 1. The monoisotopic (exact) mass is 366 g/mol. The van der Waals surface area contributed by atoms with Crippen LogP contribution in [0, 0.1) is 19.7 Å². The van der Waals surface area contributed by atoms with Crippen molar-refractivity contribution in [3.63, 3.8) is 0 Å². The molecule has 0 radical (unpaired) electrons. The van der Waals surface area contributed by atoms with Gasteiger partial charge in [0.25, 0.3) is 5.91 Å². The molecular formula is C22H23FN2O2. The van der Waals surface area contributed by atoms with Crippen LogP contribution in [0.2, 0.25) is 0 Å². The molecule has 0 aliphatic rings. The minimum absolute atomic E-state index is 0.00610. The number of carbonyl (C=O) groups excluding carboxylic acids is 1. The molecule has 0 atom stereocenters. The van der Waals surface area contributed by atoms with E-state index in [1.165, 1.54) is 12.1 Å². The van der Waals surface area contributed by atoms with Crippen LogP contribution in [-0.4, -0.2) is 16.6 Å². The summed E-state index contributed by atoms with van der Waals surface area (Å²) in [7, 11) is 0. The van der Waals surface area contributed by atoms with Gasteiger partial charge in [-0.3, -0.25) is 4.79 Å². The molecular weight excluding hydrogens is 343 g/mol. The van der Waals surface area contributed by atoms with Gasteiger partial charge in [-0.05, 0) is 70.2 Å². The number of aryl methyl sites for hydroxylation is 1. The van der Waals surface area contributed by atoms with E-state index in [1.54, 1.807) is 12.1 Å². The number of nitrogens with zero attached hydrogens (tertiary/aromatic N) is 1. The predicted molar refractivity (Wildman–Crippen MR) is 105 cm³/mol. The molecule has 0 unspecified atom stereocenters. The van der Waals surface area contributed by atoms with Gasteiger partial charge in [0, 0.05) is 17.1 Å². The first-order valence-electron chi connectivity index (χ1n) is 8.88. The van der Waals surface area contributed by atoms with E-state index in [4.69, 9.17) is 4.74 Å². The first-order chi connectivity index (χ1) is 12.9. The minimum atomic E-state index is -0.291. The van der Waals surface area contributed by atoms with Crippen LogP contribution in [0.15, 0.2) is 54.6 Å². The quantitative estimate of drug-likeness (QED) is 0.668. The number of aromatic nitrogens is 1. The second-order valence-electron chi connectivity index (χ2n) is 6.71. The van der Waals surface area contributed by atoms with Gasteiger partial charge in [-0.15, -0.1) is 0 Å².